The quantitative estimate of drug-likeness (QED) is 0.842. The van der Waals surface area contributed by atoms with Crippen LogP contribution in [0.1, 0.15) is 36.3 Å². The maximum Gasteiger partial charge on any atom is 0.275 e. The number of hydrogen-bond donors (Lipinski definition) is 2. The molecule has 2 N–H and O–H groups in total. The Bertz CT molecular complexity index is 658. The molecule has 1 amide bonds. The summed E-state index contributed by atoms with van der Waals surface area (Å²) < 4.78 is 0.975. The first-order valence-electron chi connectivity index (χ1n) is 7.15. The second kappa shape index (κ2) is 7.35. The molecule has 1 unspecified atom stereocenters. The van der Waals surface area contributed by atoms with Crippen LogP contribution in [-0.4, -0.2) is 21.9 Å². The number of nitrogens with zero attached hydrogens (tertiary/aromatic N) is 2. The fourth-order valence-corrected chi connectivity index (χ4v) is 2.30. The van der Waals surface area contributed by atoms with Crippen LogP contribution in [0, 0.1) is 6.92 Å². The number of carbonyl (C=O) groups is 1. The van der Waals surface area contributed by atoms with Crippen LogP contribution < -0.4 is 10.6 Å². The number of nitrogens with one attached hydrogen (secondary N) is 2. The van der Waals surface area contributed by atoms with Gasteiger partial charge in [0.2, 0.25) is 0 Å². The highest BCUT2D eigenvalue weighted by Gasteiger charge is 2.10. The van der Waals surface area contributed by atoms with E-state index < -0.39 is 0 Å². The van der Waals surface area contributed by atoms with E-state index in [1.54, 1.807) is 6.20 Å². The van der Waals surface area contributed by atoms with Gasteiger partial charge in [0.05, 0.1) is 12.4 Å². The molecule has 0 aliphatic rings. The molecule has 22 heavy (non-hydrogen) atoms. The first-order valence-corrected chi connectivity index (χ1v) is 7.95. The van der Waals surface area contributed by atoms with Crippen LogP contribution in [0.3, 0.4) is 0 Å². The lowest BCUT2D eigenvalue weighted by Gasteiger charge is -2.12. The van der Waals surface area contributed by atoms with E-state index in [-0.39, 0.29) is 11.6 Å². The van der Waals surface area contributed by atoms with E-state index >= 15 is 0 Å². The van der Waals surface area contributed by atoms with Crippen LogP contribution >= 0.6 is 15.9 Å². The Balaban J connectivity index is 2.06. The molecular formula is C16H19BrN4O. The van der Waals surface area contributed by atoms with Gasteiger partial charge in [0, 0.05) is 16.2 Å². The fourth-order valence-electron chi connectivity index (χ4n) is 1.83. The van der Waals surface area contributed by atoms with Gasteiger partial charge in [0.25, 0.3) is 5.91 Å². The van der Waals surface area contributed by atoms with E-state index in [1.165, 1.54) is 6.20 Å². The van der Waals surface area contributed by atoms with Gasteiger partial charge in [-0.25, -0.2) is 9.97 Å². The predicted octanol–water partition coefficient (Wildman–Crippen LogP) is 4.01. The van der Waals surface area contributed by atoms with Crippen LogP contribution in [0.4, 0.5) is 11.5 Å². The van der Waals surface area contributed by atoms with Gasteiger partial charge >= 0.3 is 0 Å². The zero-order valence-electron chi connectivity index (χ0n) is 12.9. The van der Waals surface area contributed by atoms with Crippen LogP contribution in [0.25, 0.3) is 0 Å². The smallest absolute Gasteiger partial charge is 0.275 e. The first-order chi connectivity index (χ1) is 10.5. The number of rotatable bonds is 5. The van der Waals surface area contributed by atoms with Crippen molar-refractivity contribution in [3.8, 4) is 0 Å². The molecule has 0 aliphatic carbocycles. The molecule has 2 aromatic rings. The van der Waals surface area contributed by atoms with Gasteiger partial charge in [0.15, 0.2) is 0 Å². The Morgan fingerprint density at radius 3 is 2.68 bits per heavy atom. The molecule has 1 aromatic carbocycles. The Morgan fingerprint density at radius 2 is 2.09 bits per heavy atom. The maximum atomic E-state index is 12.2. The molecule has 0 bridgehead atoms. The molecule has 0 saturated carbocycles. The minimum atomic E-state index is -0.270. The van der Waals surface area contributed by atoms with Crippen molar-refractivity contribution in [2.24, 2.45) is 0 Å². The van der Waals surface area contributed by atoms with E-state index in [2.05, 4.69) is 50.4 Å². The number of aromatic nitrogens is 2. The maximum absolute atomic E-state index is 12.2. The molecule has 6 heteroatoms. The van der Waals surface area contributed by atoms with Gasteiger partial charge in [-0.2, -0.15) is 0 Å². The summed E-state index contributed by atoms with van der Waals surface area (Å²) in [6, 6.07) is 6.00. The molecule has 0 aliphatic heterocycles. The summed E-state index contributed by atoms with van der Waals surface area (Å²) in [5, 5.41) is 6.05. The number of benzene rings is 1. The SMILES string of the molecule is CCC(C)Nc1cnc(C(=O)Nc2ccc(Br)cc2C)cn1. The van der Waals surface area contributed by atoms with Crippen LogP contribution in [-0.2, 0) is 0 Å². The van der Waals surface area contributed by atoms with Crippen molar-refractivity contribution < 1.29 is 4.79 Å². The summed E-state index contributed by atoms with van der Waals surface area (Å²) in [4.78, 5) is 20.6. The van der Waals surface area contributed by atoms with Crippen molar-refractivity contribution in [3.63, 3.8) is 0 Å². The summed E-state index contributed by atoms with van der Waals surface area (Å²) in [7, 11) is 0. The highest BCUT2D eigenvalue weighted by Crippen LogP contribution is 2.20. The zero-order valence-corrected chi connectivity index (χ0v) is 14.4. The second-order valence-corrected chi connectivity index (χ2v) is 6.07. The van der Waals surface area contributed by atoms with Gasteiger partial charge in [-0.05, 0) is 44.0 Å². The van der Waals surface area contributed by atoms with Crippen LogP contribution in [0.15, 0.2) is 35.1 Å². The fraction of sp³-hybridized carbons (Fsp3) is 0.312. The number of anilines is 2. The number of aryl methyl sites for hydroxylation is 1. The molecular weight excluding hydrogens is 344 g/mol. The summed E-state index contributed by atoms with van der Waals surface area (Å²) in [6.07, 6.45) is 4.05. The monoisotopic (exact) mass is 362 g/mol. The zero-order chi connectivity index (χ0) is 16.1. The first kappa shape index (κ1) is 16.4. The summed E-state index contributed by atoms with van der Waals surface area (Å²) in [5.74, 6) is 0.402. The lowest BCUT2D eigenvalue weighted by Crippen LogP contribution is -2.17. The van der Waals surface area contributed by atoms with Gasteiger partial charge in [0.1, 0.15) is 11.5 Å². The Hall–Kier alpha value is -1.95. The molecule has 1 aromatic heterocycles. The lowest BCUT2D eigenvalue weighted by atomic mass is 10.2. The van der Waals surface area contributed by atoms with Gasteiger partial charge in [-0.3, -0.25) is 4.79 Å². The molecule has 5 nitrogen and oxygen atoms in total. The summed E-state index contributed by atoms with van der Waals surface area (Å²) >= 11 is 3.40. The number of amides is 1. The standard InChI is InChI=1S/C16H19BrN4O/c1-4-11(3)20-15-9-18-14(8-19-15)16(22)21-13-6-5-12(17)7-10(13)2/h5-9,11H,4H2,1-3H3,(H,19,20)(H,21,22). The van der Waals surface area contributed by atoms with E-state index in [1.807, 2.05) is 25.1 Å². The van der Waals surface area contributed by atoms with Crippen molar-refractivity contribution in [2.45, 2.75) is 33.2 Å². The summed E-state index contributed by atoms with van der Waals surface area (Å²) in [6.45, 7) is 6.09. The van der Waals surface area contributed by atoms with Gasteiger partial charge < -0.3 is 10.6 Å². The molecule has 0 spiro atoms. The normalized spacial score (nSPS) is 11.8. The second-order valence-electron chi connectivity index (χ2n) is 5.15. The number of carbonyl (C=O) groups excluding carboxylic acids is 1. The third-order valence-electron chi connectivity index (χ3n) is 3.33. The minimum absolute atomic E-state index is 0.270. The average molecular weight is 363 g/mol. The average Bonchev–Trinajstić information content (AvgIpc) is 2.50. The van der Waals surface area contributed by atoms with E-state index in [9.17, 15) is 4.79 Å². The minimum Gasteiger partial charge on any atom is -0.366 e. The van der Waals surface area contributed by atoms with Gasteiger partial charge in [-0.15, -0.1) is 0 Å². The number of halogens is 1. The Morgan fingerprint density at radius 1 is 1.32 bits per heavy atom. The predicted molar refractivity (Wildman–Crippen MR) is 92.2 cm³/mol. The molecule has 0 fully saturated rings. The highest BCUT2D eigenvalue weighted by atomic mass is 79.9. The molecule has 116 valence electrons. The third-order valence-corrected chi connectivity index (χ3v) is 3.82. The summed E-state index contributed by atoms with van der Waals surface area (Å²) in [5.41, 5.74) is 2.03. The molecule has 1 atom stereocenters. The molecule has 0 radical (unpaired) electrons. The molecule has 1 heterocycles. The van der Waals surface area contributed by atoms with Crippen molar-refractivity contribution in [3.05, 3.63) is 46.3 Å². The van der Waals surface area contributed by atoms with Crippen molar-refractivity contribution in [2.75, 3.05) is 10.6 Å². The molecule has 2 rings (SSSR count). The van der Waals surface area contributed by atoms with Crippen LogP contribution in [0.2, 0.25) is 0 Å². The molecule has 0 saturated heterocycles. The van der Waals surface area contributed by atoms with Crippen molar-refractivity contribution >= 4 is 33.3 Å². The largest absolute Gasteiger partial charge is 0.366 e. The van der Waals surface area contributed by atoms with E-state index in [4.69, 9.17) is 0 Å². The van der Waals surface area contributed by atoms with Crippen molar-refractivity contribution in [1.82, 2.24) is 9.97 Å². The number of hydrogen-bond acceptors (Lipinski definition) is 4. The Kier molecular flexibility index (Phi) is 5.49. The van der Waals surface area contributed by atoms with E-state index in [0.29, 0.717) is 11.9 Å². The highest BCUT2D eigenvalue weighted by molar-refractivity contribution is 9.10. The van der Waals surface area contributed by atoms with Crippen LogP contribution in [0.5, 0.6) is 0 Å². The van der Waals surface area contributed by atoms with E-state index in [0.717, 1.165) is 22.1 Å². The third kappa shape index (κ3) is 4.27. The Labute approximate surface area is 138 Å². The lowest BCUT2D eigenvalue weighted by molar-refractivity contribution is 0.102. The topological polar surface area (TPSA) is 66.9 Å². The van der Waals surface area contributed by atoms with Crippen molar-refractivity contribution in [1.29, 1.82) is 0 Å². The van der Waals surface area contributed by atoms with Gasteiger partial charge in [-0.1, -0.05) is 22.9 Å².